The van der Waals surface area contributed by atoms with Crippen LogP contribution in [0.4, 0.5) is 0 Å². The number of nitrogens with one attached hydrogen (secondary N) is 2. The molecular formula is C30H24N2O. The topological polar surface area (TPSA) is 40.8 Å². The van der Waals surface area contributed by atoms with E-state index in [4.69, 9.17) is 4.74 Å². The number of H-pyrrole nitrogens is 2. The normalized spacial score (nSPS) is 11.5. The van der Waals surface area contributed by atoms with Gasteiger partial charge < -0.3 is 14.7 Å². The molecule has 6 aromatic rings. The van der Waals surface area contributed by atoms with Crippen LogP contribution in [0.5, 0.6) is 5.75 Å². The zero-order valence-corrected chi connectivity index (χ0v) is 18.4. The van der Waals surface area contributed by atoms with Crippen molar-refractivity contribution >= 4 is 21.8 Å². The monoisotopic (exact) mass is 428 g/mol. The van der Waals surface area contributed by atoms with Gasteiger partial charge in [-0.05, 0) is 29.3 Å². The van der Waals surface area contributed by atoms with Crippen LogP contribution in [0, 0.1) is 0 Å². The maximum Gasteiger partial charge on any atom is 0.120 e. The Balaban J connectivity index is 1.70. The number of ether oxygens (including phenoxy) is 1. The van der Waals surface area contributed by atoms with Crippen LogP contribution < -0.4 is 4.74 Å². The molecule has 0 radical (unpaired) electrons. The van der Waals surface area contributed by atoms with Crippen LogP contribution in [0.3, 0.4) is 0 Å². The minimum absolute atomic E-state index is 0.0643. The summed E-state index contributed by atoms with van der Waals surface area (Å²) in [7, 11) is 1.71. The summed E-state index contributed by atoms with van der Waals surface area (Å²) in [6.45, 7) is 0. The lowest BCUT2D eigenvalue weighted by Crippen LogP contribution is -2.05. The third-order valence-corrected chi connectivity index (χ3v) is 6.45. The summed E-state index contributed by atoms with van der Waals surface area (Å²) in [5.74, 6) is 0.909. The molecule has 2 heterocycles. The summed E-state index contributed by atoms with van der Waals surface area (Å²) >= 11 is 0. The van der Waals surface area contributed by atoms with E-state index in [1.165, 1.54) is 38.7 Å². The molecule has 0 aliphatic carbocycles. The van der Waals surface area contributed by atoms with Crippen LogP contribution in [0.1, 0.15) is 22.7 Å². The highest BCUT2D eigenvalue weighted by molar-refractivity contribution is 6.06. The summed E-state index contributed by atoms with van der Waals surface area (Å²) < 4.78 is 5.54. The molecule has 0 fully saturated rings. The van der Waals surface area contributed by atoms with E-state index in [2.05, 4.69) is 113 Å². The van der Waals surface area contributed by atoms with Gasteiger partial charge in [-0.3, -0.25) is 0 Å². The second-order valence-electron chi connectivity index (χ2n) is 8.33. The third-order valence-electron chi connectivity index (χ3n) is 6.45. The molecule has 0 spiro atoms. The van der Waals surface area contributed by atoms with Gasteiger partial charge in [-0.25, -0.2) is 0 Å². The lowest BCUT2D eigenvalue weighted by molar-refractivity contribution is 0.415. The van der Waals surface area contributed by atoms with Crippen molar-refractivity contribution in [2.75, 3.05) is 7.11 Å². The first kappa shape index (κ1) is 19.4. The Bertz CT molecular complexity index is 1500. The predicted octanol–water partition coefficient (Wildman–Crippen LogP) is 7.51. The maximum absolute atomic E-state index is 5.54. The smallest absolute Gasteiger partial charge is 0.120 e. The first-order chi connectivity index (χ1) is 16.3. The first-order valence-electron chi connectivity index (χ1n) is 11.2. The molecule has 4 aromatic carbocycles. The number of benzene rings is 4. The van der Waals surface area contributed by atoms with Gasteiger partial charge >= 0.3 is 0 Å². The Morgan fingerprint density at radius 2 is 1.33 bits per heavy atom. The van der Waals surface area contributed by atoms with E-state index in [1.807, 2.05) is 6.07 Å². The van der Waals surface area contributed by atoms with Crippen LogP contribution in [0.2, 0.25) is 0 Å². The van der Waals surface area contributed by atoms with Crippen molar-refractivity contribution in [1.82, 2.24) is 9.97 Å². The molecule has 0 saturated carbocycles. The SMILES string of the molecule is COc1ccc2c(-c3c[nH]c4ccccc34)c(C(c3ccccc3)c3ccccc3)[nH]c2c1. The van der Waals surface area contributed by atoms with Crippen molar-refractivity contribution in [3.05, 3.63) is 126 Å². The highest BCUT2D eigenvalue weighted by Gasteiger charge is 2.25. The van der Waals surface area contributed by atoms with Crippen molar-refractivity contribution in [2.45, 2.75) is 5.92 Å². The second kappa shape index (κ2) is 8.03. The molecular weight excluding hydrogens is 404 g/mol. The van der Waals surface area contributed by atoms with E-state index in [-0.39, 0.29) is 5.92 Å². The average Bonchev–Trinajstić information content (AvgIpc) is 3.46. The molecule has 0 amide bonds. The Hall–Kier alpha value is -4.24. The van der Waals surface area contributed by atoms with Crippen LogP contribution in [0.25, 0.3) is 32.9 Å². The number of hydrogen-bond acceptors (Lipinski definition) is 1. The zero-order valence-electron chi connectivity index (χ0n) is 18.4. The van der Waals surface area contributed by atoms with Gasteiger partial charge in [-0.1, -0.05) is 78.9 Å². The Labute approximate surface area is 192 Å². The summed E-state index contributed by atoms with van der Waals surface area (Å²) in [5.41, 5.74) is 8.32. The minimum atomic E-state index is 0.0643. The van der Waals surface area contributed by atoms with E-state index in [0.717, 1.165) is 16.8 Å². The fraction of sp³-hybridized carbons (Fsp3) is 0.0667. The lowest BCUT2D eigenvalue weighted by atomic mass is 9.85. The quantitative estimate of drug-likeness (QED) is 0.293. The summed E-state index contributed by atoms with van der Waals surface area (Å²) in [4.78, 5) is 7.27. The number of rotatable bonds is 5. The van der Waals surface area contributed by atoms with Crippen molar-refractivity contribution in [3.63, 3.8) is 0 Å². The van der Waals surface area contributed by atoms with Gasteiger partial charge in [-0.2, -0.15) is 0 Å². The second-order valence-corrected chi connectivity index (χ2v) is 8.33. The van der Waals surface area contributed by atoms with E-state index in [9.17, 15) is 0 Å². The summed E-state index contributed by atoms with van der Waals surface area (Å²) in [6, 6.07) is 36.2. The van der Waals surface area contributed by atoms with Gasteiger partial charge in [0.05, 0.1) is 7.11 Å². The molecule has 0 saturated heterocycles. The third kappa shape index (κ3) is 3.30. The fourth-order valence-corrected chi connectivity index (χ4v) is 4.93. The van der Waals surface area contributed by atoms with Gasteiger partial charge in [0.1, 0.15) is 5.75 Å². The maximum atomic E-state index is 5.54. The summed E-state index contributed by atoms with van der Waals surface area (Å²) in [5, 5.41) is 2.41. The van der Waals surface area contributed by atoms with Crippen LogP contribution >= 0.6 is 0 Å². The van der Waals surface area contributed by atoms with Gasteiger partial charge in [0.2, 0.25) is 0 Å². The molecule has 160 valence electrons. The summed E-state index contributed by atoms with van der Waals surface area (Å²) in [6.07, 6.45) is 2.13. The Kier molecular flexibility index (Phi) is 4.73. The lowest BCUT2D eigenvalue weighted by Gasteiger charge is -2.19. The standard InChI is InChI=1S/C30H24N2O/c1-33-22-16-17-24-27(18-22)32-30(29(24)25-19-31-26-15-9-8-14-23(25)26)28(20-10-4-2-5-11-20)21-12-6-3-7-13-21/h2-19,28,31-32H,1H3. The van der Waals surface area contributed by atoms with E-state index in [1.54, 1.807) is 7.11 Å². The molecule has 0 aliphatic heterocycles. The zero-order chi connectivity index (χ0) is 22.2. The van der Waals surface area contributed by atoms with Gasteiger partial charge in [0.25, 0.3) is 0 Å². The van der Waals surface area contributed by atoms with Crippen LogP contribution in [0.15, 0.2) is 109 Å². The van der Waals surface area contributed by atoms with E-state index in [0.29, 0.717) is 0 Å². The molecule has 33 heavy (non-hydrogen) atoms. The minimum Gasteiger partial charge on any atom is -0.497 e. The Morgan fingerprint density at radius 1 is 0.667 bits per heavy atom. The number of aromatic amines is 2. The number of hydrogen-bond donors (Lipinski definition) is 2. The molecule has 0 bridgehead atoms. The molecule has 2 aromatic heterocycles. The van der Waals surface area contributed by atoms with Crippen LogP contribution in [-0.4, -0.2) is 17.1 Å². The van der Waals surface area contributed by atoms with Crippen molar-refractivity contribution in [3.8, 4) is 16.9 Å². The predicted molar refractivity (Wildman–Crippen MR) is 136 cm³/mol. The number of aromatic nitrogens is 2. The highest BCUT2D eigenvalue weighted by atomic mass is 16.5. The van der Waals surface area contributed by atoms with Crippen molar-refractivity contribution in [2.24, 2.45) is 0 Å². The molecule has 0 atom stereocenters. The molecule has 0 unspecified atom stereocenters. The molecule has 2 N–H and O–H groups in total. The Morgan fingerprint density at radius 3 is 2.03 bits per heavy atom. The van der Waals surface area contributed by atoms with Crippen molar-refractivity contribution < 1.29 is 4.74 Å². The molecule has 3 heteroatoms. The van der Waals surface area contributed by atoms with Gasteiger partial charge in [-0.15, -0.1) is 0 Å². The fourth-order valence-electron chi connectivity index (χ4n) is 4.93. The van der Waals surface area contributed by atoms with Gasteiger partial charge in [0, 0.05) is 56.8 Å². The highest BCUT2D eigenvalue weighted by Crippen LogP contribution is 2.44. The van der Waals surface area contributed by atoms with E-state index < -0.39 is 0 Å². The first-order valence-corrected chi connectivity index (χ1v) is 11.2. The van der Waals surface area contributed by atoms with E-state index >= 15 is 0 Å². The molecule has 6 rings (SSSR count). The largest absolute Gasteiger partial charge is 0.497 e. The van der Waals surface area contributed by atoms with Crippen LogP contribution in [-0.2, 0) is 0 Å². The number of fused-ring (bicyclic) bond motifs is 2. The average molecular weight is 429 g/mol. The van der Waals surface area contributed by atoms with Gasteiger partial charge in [0.15, 0.2) is 0 Å². The van der Waals surface area contributed by atoms with Crippen molar-refractivity contribution in [1.29, 1.82) is 0 Å². The number of para-hydroxylation sites is 1. The molecule has 0 aliphatic rings. The molecule has 3 nitrogen and oxygen atoms in total. The number of methoxy groups -OCH3 is 1.